The number of aryl methyl sites for hydroxylation is 1. The van der Waals surface area contributed by atoms with E-state index in [2.05, 4.69) is 10.2 Å². The van der Waals surface area contributed by atoms with Crippen LogP contribution in [0.4, 0.5) is 0 Å². The van der Waals surface area contributed by atoms with E-state index in [1.54, 1.807) is 0 Å². The topological polar surface area (TPSA) is 54.7 Å². The van der Waals surface area contributed by atoms with E-state index in [0.717, 1.165) is 24.6 Å². The number of hydrogen-bond donors (Lipinski definition) is 1. The van der Waals surface area contributed by atoms with Crippen molar-refractivity contribution in [1.82, 2.24) is 10.2 Å². The van der Waals surface area contributed by atoms with E-state index in [1.807, 2.05) is 32.9 Å². The largest absolute Gasteiger partial charge is 0.465 e. The van der Waals surface area contributed by atoms with Crippen LogP contribution in [0.1, 0.15) is 50.7 Å². The van der Waals surface area contributed by atoms with E-state index < -0.39 is 0 Å². The second kappa shape index (κ2) is 8.34. The molecule has 5 heteroatoms. The van der Waals surface area contributed by atoms with E-state index in [9.17, 15) is 4.79 Å². The summed E-state index contributed by atoms with van der Waals surface area (Å²) in [6.45, 7) is 9.06. The molecule has 0 unspecified atom stereocenters. The Hall–Kier alpha value is -1.33. The summed E-state index contributed by atoms with van der Waals surface area (Å²) in [4.78, 5) is 14.6. The molecule has 1 fully saturated rings. The van der Waals surface area contributed by atoms with Crippen LogP contribution in [0.3, 0.4) is 0 Å². The Morgan fingerprint density at radius 1 is 1.36 bits per heavy atom. The molecule has 0 aromatic carbocycles. The van der Waals surface area contributed by atoms with Gasteiger partial charge in [-0.25, -0.2) is 0 Å². The van der Waals surface area contributed by atoms with Crippen molar-refractivity contribution in [3.8, 4) is 0 Å². The summed E-state index contributed by atoms with van der Waals surface area (Å²) in [6, 6.07) is 4.11. The summed E-state index contributed by atoms with van der Waals surface area (Å²) in [6.07, 6.45) is 2.75. The van der Waals surface area contributed by atoms with E-state index in [0.29, 0.717) is 19.6 Å². The van der Waals surface area contributed by atoms with E-state index in [4.69, 9.17) is 9.15 Å². The third-order valence-electron chi connectivity index (χ3n) is 4.17. The molecule has 0 saturated carbocycles. The third-order valence-corrected chi connectivity index (χ3v) is 4.17. The van der Waals surface area contributed by atoms with Gasteiger partial charge in [0.25, 0.3) is 0 Å². The fraction of sp³-hybridized carbons (Fsp3) is 0.706. The molecule has 1 N–H and O–H groups in total. The average Bonchev–Trinajstić information content (AvgIpc) is 3.17. The lowest BCUT2D eigenvalue weighted by Gasteiger charge is -2.26. The van der Waals surface area contributed by atoms with Gasteiger partial charge in [-0.15, -0.1) is 0 Å². The van der Waals surface area contributed by atoms with E-state index >= 15 is 0 Å². The molecule has 1 amide bonds. The Kier molecular flexibility index (Phi) is 6.46. The van der Waals surface area contributed by atoms with Crippen LogP contribution in [-0.2, 0) is 9.53 Å². The molecule has 1 saturated heterocycles. The van der Waals surface area contributed by atoms with Gasteiger partial charge in [0.1, 0.15) is 17.6 Å². The zero-order valence-corrected chi connectivity index (χ0v) is 13.9. The maximum absolute atomic E-state index is 12.2. The summed E-state index contributed by atoms with van der Waals surface area (Å²) >= 11 is 0. The molecule has 1 aromatic heterocycles. The van der Waals surface area contributed by atoms with Gasteiger partial charge in [-0.3, -0.25) is 9.69 Å². The minimum absolute atomic E-state index is 0.0307. The molecule has 1 aliphatic heterocycles. The predicted molar refractivity (Wildman–Crippen MR) is 85.7 cm³/mol. The second-order valence-electron chi connectivity index (χ2n) is 5.80. The predicted octanol–water partition coefficient (Wildman–Crippen LogP) is 2.66. The molecular formula is C17H28N2O3. The zero-order valence-electron chi connectivity index (χ0n) is 13.9. The van der Waals surface area contributed by atoms with Crippen LogP contribution in [0.5, 0.6) is 0 Å². The first-order valence-corrected chi connectivity index (χ1v) is 8.35. The van der Waals surface area contributed by atoms with Crippen molar-refractivity contribution in [3.63, 3.8) is 0 Å². The van der Waals surface area contributed by atoms with Crippen molar-refractivity contribution >= 4 is 5.91 Å². The highest BCUT2D eigenvalue weighted by Crippen LogP contribution is 2.26. The molecule has 0 aliphatic carbocycles. The van der Waals surface area contributed by atoms with Crippen molar-refractivity contribution in [3.05, 3.63) is 23.7 Å². The first kappa shape index (κ1) is 17.0. The van der Waals surface area contributed by atoms with Crippen molar-refractivity contribution in [1.29, 1.82) is 0 Å². The number of furan rings is 1. The van der Waals surface area contributed by atoms with Crippen molar-refractivity contribution in [2.24, 2.45) is 0 Å². The van der Waals surface area contributed by atoms with Gasteiger partial charge in [-0.1, -0.05) is 6.92 Å². The highest BCUT2D eigenvalue weighted by molar-refractivity contribution is 5.80. The van der Waals surface area contributed by atoms with Crippen molar-refractivity contribution < 1.29 is 13.9 Å². The van der Waals surface area contributed by atoms with Gasteiger partial charge < -0.3 is 14.5 Å². The van der Waals surface area contributed by atoms with Crippen LogP contribution in [-0.4, -0.2) is 43.2 Å². The molecule has 22 heavy (non-hydrogen) atoms. The number of likely N-dealkylation sites (tertiary alicyclic amines) is 1. The quantitative estimate of drug-likeness (QED) is 0.802. The van der Waals surface area contributed by atoms with Gasteiger partial charge in [0.15, 0.2) is 0 Å². The molecular weight excluding hydrogens is 280 g/mol. The van der Waals surface area contributed by atoms with Crippen LogP contribution in [0.15, 0.2) is 16.5 Å². The lowest BCUT2D eigenvalue weighted by molar-refractivity contribution is -0.133. The Balaban J connectivity index is 1.99. The summed E-state index contributed by atoms with van der Waals surface area (Å²) in [5.41, 5.74) is 0. The van der Waals surface area contributed by atoms with Crippen LogP contribution in [0.25, 0.3) is 0 Å². The monoisotopic (exact) mass is 308 g/mol. The first-order chi connectivity index (χ1) is 10.7. The second-order valence-corrected chi connectivity index (χ2v) is 5.80. The van der Waals surface area contributed by atoms with E-state index in [1.165, 1.54) is 12.8 Å². The summed E-state index contributed by atoms with van der Waals surface area (Å²) < 4.78 is 11.3. The molecule has 1 aromatic rings. The Morgan fingerprint density at radius 3 is 2.64 bits per heavy atom. The fourth-order valence-electron chi connectivity index (χ4n) is 2.99. The molecule has 2 heterocycles. The molecule has 0 bridgehead atoms. The van der Waals surface area contributed by atoms with Gasteiger partial charge in [-0.2, -0.15) is 0 Å². The number of nitrogens with zero attached hydrogens (tertiary/aromatic N) is 1. The minimum Gasteiger partial charge on any atom is -0.465 e. The highest BCUT2D eigenvalue weighted by atomic mass is 16.5. The molecule has 1 aliphatic rings. The Labute approximate surface area is 133 Å². The summed E-state index contributed by atoms with van der Waals surface area (Å²) in [5.74, 6) is 1.81. The summed E-state index contributed by atoms with van der Waals surface area (Å²) in [7, 11) is 0. The first-order valence-electron chi connectivity index (χ1n) is 8.35. The smallest absolute Gasteiger partial charge is 0.249 e. The van der Waals surface area contributed by atoms with E-state index in [-0.39, 0.29) is 18.1 Å². The summed E-state index contributed by atoms with van der Waals surface area (Å²) in [5, 5.41) is 3.04. The number of hydrogen-bond acceptors (Lipinski definition) is 4. The number of nitrogens with one attached hydrogen (secondary N) is 1. The minimum atomic E-state index is -0.359. The molecule has 124 valence electrons. The molecule has 2 rings (SSSR count). The Bertz CT molecular complexity index is 466. The van der Waals surface area contributed by atoms with Crippen LogP contribution in [0.2, 0.25) is 0 Å². The zero-order chi connectivity index (χ0) is 15.9. The number of ether oxygens (including phenoxy) is 1. The van der Waals surface area contributed by atoms with Crippen LogP contribution < -0.4 is 5.32 Å². The normalized spacial score (nSPS) is 18.3. The van der Waals surface area contributed by atoms with Gasteiger partial charge in [0.05, 0.1) is 6.04 Å². The van der Waals surface area contributed by atoms with Gasteiger partial charge in [-0.05, 0) is 58.3 Å². The Morgan fingerprint density at radius 2 is 2.09 bits per heavy atom. The number of rotatable bonds is 8. The standard InChI is InChI=1S/C17H28N2O3/c1-4-15(21-5-2)17(20)18-12-14(19-10-6-7-11-19)16-9-8-13(3)22-16/h8-9,14-15H,4-7,10-12H2,1-3H3,(H,18,20)/t14-,15+/m1/s1. The molecule has 2 atom stereocenters. The average molecular weight is 308 g/mol. The van der Waals surface area contributed by atoms with Crippen LogP contribution in [0, 0.1) is 6.92 Å². The molecule has 0 spiro atoms. The lowest BCUT2D eigenvalue weighted by atomic mass is 10.2. The number of carbonyl (C=O) groups is 1. The van der Waals surface area contributed by atoms with Gasteiger partial charge in [0.2, 0.25) is 5.91 Å². The van der Waals surface area contributed by atoms with Crippen LogP contribution >= 0.6 is 0 Å². The number of amides is 1. The molecule has 5 nitrogen and oxygen atoms in total. The fourth-order valence-corrected chi connectivity index (χ4v) is 2.99. The van der Waals surface area contributed by atoms with Gasteiger partial charge in [0, 0.05) is 13.2 Å². The SMILES string of the molecule is CCO[C@@H](CC)C(=O)NC[C@H](c1ccc(C)o1)N1CCCC1. The third kappa shape index (κ3) is 4.34. The maximum Gasteiger partial charge on any atom is 0.249 e. The van der Waals surface area contributed by atoms with Crippen molar-refractivity contribution in [2.45, 2.75) is 52.2 Å². The number of carbonyl (C=O) groups excluding carboxylic acids is 1. The van der Waals surface area contributed by atoms with Gasteiger partial charge >= 0.3 is 0 Å². The van der Waals surface area contributed by atoms with Crippen molar-refractivity contribution in [2.75, 3.05) is 26.2 Å². The molecule has 0 radical (unpaired) electrons. The maximum atomic E-state index is 12.2. The highest BCUT2D eigenvalue weighted by Gasteiger charge is 2.27. The lowest BCUT2D eigenvalue weighted by Crippen LogP contribution is -2.41.